The topological polar surface area (TPSA) is 64.4 Å². The Morgan fingerprint density at radius 2 is 1.92 bits per heavy atom. The predicted octanol–water partition coefficient (Wildman–Crippen LogP) is 4.89. The van der Waals surface area contributed by atoms with E-state index in [0.29, 0.717) is 39.7 Å². The number of aromatic nitrogens is 1. The van der Waals surface area contributed by atoms with E-state index in [1.165, 1.54) is 0 Å². The van der Waals surface area contributed by atoms with E-state index in [-0.39, 0.29) is 5.91 Å². The summed E-state index contributed by atoms with van der Waals surface area (Å²) in [5.74, 6) is 1.49. The first-order chi connectivity index (χ1) is 12.0. The third-order valence-corrected chi connectivity index (χ3v) is 4.59. The fraction of sp³-hybridized carbons (Fsp3) is 0.158. The van der Waals surface area contributed by atoms with E-state index in [9.17, 15) is 4.79 Å². The molecule has 0 saturated heterocycles. The number of nitrogens with one attached hydrogen (secondary N) is 1. The van der Waals surface area contributed by atoms with Gasteiger partial charge in [-0.2, -0.15) is 0 Å². The minimum Gasteiger partial charge on any atom is -0.473 e. The fourth-order valence-electron chi connectivity index (χ4n) is 2.38. The first-order valence-corrected chi connectivity index (χ1v) is 8.53. The molecule has 0 aliphatic carbocycles. The van der Waals surface area contributed by atoms with Crippen LogP contribution >= 0.6 is 15.9 Å². The SMILES string of the molecule is Cc1oc(C)c(C(=O)Nc2ccc(OCc3ccccc3)nc2)c1Br. The average molecular weight is 401 g/mol. The molecule has 5 nitrogen and oxygen atoms in total. The predicted molar refractivity (Wildman–Crippen MR) is 98.8 cm³/mol. The van der Waals surface area contributed by atoms with Gasteiger partial charge in [0, 0.05) is 6.07 Å². The number of amides is 1. The van der Waals surface area contributed by atoms with Crippen molar-refractivity contribution in [2.75, 3.05) is 5.32 Å². The van der Waals surface area contributed by atoms with Gasteiger partial charge in [0.2, 0.25) is 5.88 Å². The van der Waals surface area contributed by atoms with Crippen molar-refractivity contribution in [1.82, 2.24) is 4.98 Å². The molecule has 6 heteroatoms. The van der Waals surface area contributed by atoms with E-state index < -0.39 is 0 Å². The van der Waals surface area contributed by atoms with Gasteiger partial charge in [-0.3, -0.25) is 4.79 Å². The van der Waals surface area contributed by atoms with Gasteiger partial charge in [0.15, 0.2) is 0 Å². The summed E-state index contributed by atoms with van der Waals surface area (Å²) in [4.78, 5) is 16.6. The highest BCUT2D eigenvalue weighted by molar-refractivity contribution is 9.10. The molecule has 0 fully saturated rings. The molecule has 2 aromatic heterocycles. The molecule has 128 valence electrons. The van der Waals surface area contributed by atoms with Crippen molar-refractivity contribution in [2.45, 2.75) is 20.5 Å². The summed E-state index contributed by atoms with van der Waals surface area (Å²) < 4.78 is 11.8. The lowest BCUT2D eigenvalue weighted by Gasteiger charge is -2.07. The van der Waals surface area contributed by atoms with Crippen LogP contribution in [0.1, 0.15) is 27.4 Å². The van der Waals surface area contributed by atoms with E-state index in [1.54, 1.807) is 32.2 Å². The molecule has 1 aromatic carbocycles. The summed E-state index contributed by atoms with van der Waals surface area (Å²) in [6, 6.07) is 13.3. The third-order valence-electron chi connectivity index (χ3n) is 3.64. The number of furan rings is 1. The highest BCUT2D eigenvalue weighted by Crippen LogP contribution is 2.28. The molecule has 0 atom stereocenters. The zero-order valence-corrected chi connectivity index (χ0v) is 15.5. The van der Waals surface area contributed by atoms with Gasteiger partial charge in [-0.25, -0.2) is 4.98 Å². The Bertz CT molecular complexity index is 874. The van der Waals surface area contributed by atoms with Gasteiger partial charge < -0.3 is 14.5 Å². The monoisotopic (exact) mass is 400 g/mol. The number of pyridine rings is 1. The van der Waals surface area contributed by atoms with Crippen LogP contribution in [0, 0.1) is 13.8 Å². The van der Waals surface area contributed by atoms with Gasteiger partial charge >= 0.3 is 0 Å². The number of hydrogen-bond donors (Lipinski definition) is 1. The lowest BCUT2D eigenvalue weighted by atomic mass is 10.2. The molecule has 1 N–H and O–H groups in total. The normalized spacial score (nSPS) is 10.5. The standard InChI is InChI=1S/C19H17BrN2O3/c1-12-17(18(20)13(2)25-12)19(23)22-15-8-9-16(21-10-15)24-11-14-6-4-3-5-7-14/h3-10H,11H2,1-2H3,(H,22,23). The fourth-order valence-corrected chi connectivity index (χ4v) is 2.92. The number of carbonyl (C=O) groups is 1. The van der Waals surface area contributed by atoms with Gasteiger partial charge in [0.1, 0.15) is 18.1 Å². The van der Waals surface area contributed by atoms with E-state index in [4.69, 9.17) is 9.15 Å². The Kier molecular flexibility index (Phi) is 5.19. The maximum Gasteiger partial charge on any atom is 0.260 e. The Morgan fingerprint density at radius 1 is 1.16 bits per heavy atom. The molecular formula is C19H17BrN2O3. The number of nitrogens with zero attached hydrogens (tertiary/aromatic N) is 1. The Labute approximate surface area is 154 Å². The zero-order valence-electron chi connectivity index (χ0n) is 13.9. The lowest BCUT2D eigenvalue weighted by Crippen LogP contribution is -2.13. The molecule has 0 radical (unpaired) electrons. The maximum absolute atomic E-state index is 12.4. The lowest BCUT2D eigenvalue weighted by molar-refractivity contribution is 0.102. The number of carbonyl (C=O) groups excluding carboxylic acids is 1. The highest BCUT2D eigenvalue weighted by atomic mass is 79.9. The smallest absolute Gasteiger partial charge is 0.260 e. The van der Waals surface area contributed by atoms with Crippen LogP contribution in [0.5, 0.6) is 5.88 Å². The van der Waals surface area contributed by atoms with E-state index in [1.807, 2.05) is 30.3 Å². The quantitative estimate of drug-likeness (QED) is 0.662. The summed E-state index contributed by atoms with van der Waals surface area (Å²) in [5, 5.41) is 2.81. The minimum atomic E-state index is -0.249. The molecule has 1 amide bonds. The first-order valence-electron chi connectivity index (χ1n) is 7.74. The minimum absolute atomic E-state index is 0.249. The summed E-state index contributed by atoms with van der Waals surface area (Å²) in [7, 11) is 0. The van der Waals surface area contributed by atoms with E-state index >= 15 is 0 Å². The van der Waals surface area contributed by atoms with Gasteiger partial charge in [-0.15, -0.1) is 0 Å². The Hall–Kier alpha value is -2.60. The zero-order chi connectivity index (χ0) is 17.8. The molecule has 0 saturated carbocycles. The van der Waals surface area contributed by atoms with Crippen LogP contribution in [0.25, 0.3) is 0 Å². The molecule has 25 heavy (non-hydrogen) atoms. The molecule has 0 bridgehead atoms. The maximum atomic E-state index is 12.4. The number of benzene rings is 1. The van der Waals surface area contributed by atoms with Crippen LogP contribution in [0.15, 0.2) is 57.6 Å². The van der Waals surface area contributed by atoms with Crippen molar-refractivity contribution in [1.29, 1.82) is 0 Å². The molecule has 0 aliphatic heterocycles. The average Bonchev–Trinajstić information content (AvgIpc) is 2.87. The molecule has 3 rings (SSSR count). The first kappa shape index (κ1) is 17.2. The molecule has 0 aliphatic rings. The second-order valence-corrected chi connectivity index (χ2v) is 6.31. The van der Waals surface area contributed by atoms with Crippen molar-refractivity contribution >= 4 is 27.5 Å². The van der Waals surface area contributed by atoms with Gasteiger partial charge in [-0.05, 0) is 41.4 Å². The van der Waals surface area contributed by atoms with Crippen molar-refractivity contribution in [3.63, 3.8) is 0 Å². The van der Waals surface area contributed by atoms with Gasteiger partial charge in [-0.1, -0.05) is 30.3 Å². The van der Waals surface area contributed by atoms with E-state index in [2.05, 4.69) is 26.2 Å². The number of aryl methyl sites for hydroxylation is 2. The number of anilines is 1. The summed E-state index contributed by atoms with van der Waals surface area (Å²) in [6.07, 6.45) is 1.56. The second-order valence-electron chi connectivity index (χ2n) is 5.52. The van der Waals surface area contributed by atoms with Crippen LogP contribution < -0.4 is 10.1 Å². The van der Waals surface area contributed by atoms with Crippen molar-refractivity contribution < 1.29 is 13.9 Å². The van der Waals surface area contributed by atoms with Crippen molar-refractivity contribution in [2.24, 2.45) is 0 Å². The molecular weight excluding hydrogens is 384 g/mol. The molecule has 3 aromatic rings. The molecule has 0 unspecified atom stereocenters. The van der Waals surface area contributed by atoms with Crippen LogP contribution in [0.2, 0.25) is 0 Å². The number of ether oxygens (including phenoxy) is 1. The van der Waals surface area contributed by atoms with Crippen LogP contribution in [0.3, 0.4) is 0 Å². The summed E-state index contributed by atoms with van der Waals surface area (Å²) in [5.41, 5.74) is 2.14. The Balaban J connectivity index is 1.63. The van der Waals surface area contributed by atoms with Gasteiger partial charge in [0.05, 0.1) is 21.9 Å². The number of halogens is 1. The van der Waals surface area contributed by atoms with Gasteiger partial charge in [0.25, 0.3) is 5.91 Å². The van der Waals surface area contributed by atoms with Crippen LogP contribution in [-0.2, 0) is 6.61 Å². The second kappa shape index (κ2) is 7.53. The third kappa shape index (κ3) is 4.09. The van der Waals surface area contributed by atoms with Crippen LogP contribution in [-0.4, -0.2) is 10.9 Å². The van der Waals surface area contributed by atoms with Crippen molar-refractivity contribution in [3.8, 4) is 5.88 Å². The largest absolute Gasteiger partial charge is 0.473 e. The molecule has 0 spiro atoms. The van der Waals surface area contributed by atoms with Crippen molar-refractivity contribution in [3.05, 3.63) is 75.8 Å². The van der Waals surface area contributed by atoms with E-state index in [0.717, 1.165) is 5.56 Å². The summed E-state index contributed by atoms with van der Waals surface area (Å²) >= 11 is 3.38. The van der Waals surface area contributed by atoms with Crippen LogP contribution in [0.4, 0.5) is 5.69 Å². The number of hydrogen-bond acceptors (Lipinski definition) is 4. The highest BCUT2D eigenvalue weighted by Gasteiger charge is 2.19. The summed E-state index contributed by atoms with van der Waals surface area (Å²) in [6.45, 7) is 4.00. The Morgan fingerprint density at radius 3 is 2.52 bits per heavy atom. The molecule has 2 heterocycles. The number of rotatable bonds is 5.